The van der Waals surface area contributed by atoms with Crippen molar-refractivity contribution in [1.82, 2.24) is 15.2 Å². The molecule has 1 N–H and O–H groups in total. The van der Waals surface area contributed by atoms with E-state index in [1.54, 1.807) is 29.6 Å². The highest BCUT2D eigenvalue weighted by Gasteiger charge is 2.32. The molecule has 1 aliphatic carbocycles. The van der Waals surface area contributed by atoms with E-state index in [-0.39, 0.29) is 23.8 Å². The maximum absolute atomic E-state index is 12.7. The number of nitrogens with zero attached hydrogens (tertiary/aromatic N) is 2. The van der Waals surface area contributed by atoms with Crippen molar-refractivity contribution in [3.8, 4) is 5.75 Å². The van der Waals surface area contributed by atoms with Gasteiger partial charge >= 0.3 is 0 Å². The summed E-state index contributed by atoms with van der Waals surface area (Å²) in [5.41, 5.74) is 0.458. The number of halogens is 1. The van der Waals surface area contributed by atoms with Crippen LogP contribution < -0.4 is 10.1 Å². The normalized spacial score (nSPS) is 17.4. The highest BCUT2D eigenvalue weighted by atomic mass is 35.5. The topological polar surface area (TPSA) is 71.5 Å². The highest BCUT2D eigenvalue weighted by molar-refractivity contribution is 7.09. The SMILES string of the molecule is O=C(NC1CCN(C(=O)c2csc(COc3ccc(Cl)cc3)n2)CC1)C1CC1. The fraction of sp³-hybridized carbons (Fsp3) is 0.450. The van der Waals surface area contributed by atoms with Crippen LogP contribution in [-0.2, 0) is 11.4 Å². The third-order valence-corrected chi connectivity index (χ3v) is 6.10. The summed E-state index contributed by atoms with van der Waals surface area (Å²) in [5, 5.41) is 6.30. The van der Waals surface area contributed by atoms with Gasteiger partial charge in [-0.3, -0.25) is 9.59 Å². The molecule has 1 aromatic heterocycles. The van der Waals surface area contributed by atoms with E-state index in [0.717, 1.165) is 30.7 Å². The number of ether oxygens (including phenoxy) is 1. The molecule has 0 atom stereocenters. The first-order valence-corrected chi connectivity index (χ1v) is 10.8. The van der Waals surface area contributed by atoms with Crippen molar-refractivity contribution in [2.24, 2.45) is 5.92 Å². The number of carbonyl (C=O) groups is 2. The Morgan fingerprint density at radius 1 is 1.18 bits per heavy atom. The first-order chi connectivity index (χ1) is 13.6. The van der Waals surface area contributed by atoms with Crippen LogP contribution >= 0.6 is 22.9 Å². The van der Waals surface area contributed by atoms with Gasteiger partial charge in [-0.05, 0) is 49.9 Å². The summed E-state index contributed by atoms with van der Waals surface area (Å²) in [4.78, 5) is 30.8. The molecule has 28 heavy (non-hydrogen) atoms. The predicted molar refractivity (Wildman–Crippen MR) is 108 cm³/mol. The number of thiazole rings is 1. The van der Waals surface area contributed by atoms with Crippen LogP contribution in [0.5, 0.6) is 5.75 Å². The zero-order valence-electron chi connectivity index (χ0n) is 15.4. The first kappa shape index (κ1) is 19.2. The molecule has 8 heteroatoms. The Hall–Kier alpha value is -2.12. The number of benzene rings is 1. The van der Waals surface area contributed by atoms with Crippen LogP contribution in [0.15, 0.2) is 29.6 Å². The molecule has 2 heterocycles. The molecule has 148 valence electrons. The highest BCUT2D eigenvalue weighted by Crippen LogP contribution is 2.29. The maximum atomic E-state index is 12.7. The Morgan fingerprint density at radius 3 is 2.57 bits per heavy atom. The summed E-state index contributed by atoms with van der Waals surface area (Å²) in [7, 11) is 0. The van der Waals surface area contributed by atoms with E-state index >= 15 is 0 Å². The van der Waals surface area contributed by atoms with Crippen LogP contribution in [0.2, 0.25) is 5.02 Å². The van der Waals surface area contributed by atoms with Crippen LogP contribution in [-0.4, -0.2) is 40.8 Å². The van der Waals surface area contributed by atoms with Crippen molar-refractivity contribution >= 4 is 34.8 Å². The fourth-order valence-electron chi connectivity index (χ4n) is 3.20. The largest absolute Gasteiger partial charge is 0.486 e. The molecule has 6 nitrogen and oxygen atoms in total. The zero-order valence-corrected chi connectivity index (χ0v) is 17.0. The standard InChI is InChI=1S/C20H22ClN3O3S/c21-14-3-5-16(6-4-14)27-11-18-23-17(12-28-18)20(26)24-9-7-15(8-10-24)22-19(25)13-1-2-13/h3-6,12-13,15H,1-2,7-11H2,(H,22,25). The molecule has 4 rings (SSSR count). The Balaban J connectivity index is 1.26. The average Bonchev–Trinajstić information content (AvgIpc) is 3.46. The third kappa shape index (κ3) is 4.83. The molecule has 1 saturated carbocycles. The second-order valence-corrected chi connectivity index (χ2v) is 8.60. The van der Waals surface area contributed by atoms with Crippen LogP contribution in [0.1, 0.15) is 41.2 Å². The third-order valence-electron chi connectivity index (χ3n) is 5.02. The number of nitrogens with one attached hydrogen (secondary N) is 1. The van der Waals surface area contributed by atoms with Crippen molar-refractivity contribution in [2.45, 2.75) is 38.3 Å². The number of amides is 2. The van der Waals surface area contributed by atoms with Gasteiger partial charge in [-0.25, -0.2) is 4.98 Å². The number of aromatic nitrogens is 1. The van der Waals surface area contributed by atoms with Crippen LogP contribution in [0.4, 0.5) is 0 Å². The van der Waals surface area contributed by atoms with Crippen molar-refractivity contribution in [3.05, 3.63) is 45.4 Å². The molecule has 2 amide bonds. The minimum Gasteiger partial charge on any atom is -0.486 e. The predicted octanol–water partition coefficient (Wildman–Crippen LogP) is 3.51. The van der Waals surface area contributed by atoms with E-state index in [2.05, 4.69) is 10.3 Å². The minimum atomic E-state index is -0.0547. The van der Waals surface area contributed by atoms with E-state index in [9.17, 15) is 9.59 Å². The quantitative estimate of drug-likeness (QED) is 0.777. The zero-order chi connectivity index (χ0) is 19.5. The van der Waals surface area contributed by atoms with E-state index in [1.165, 1.54) is 11.3 Å². The Labute approximate surface area is 172 Å². The summed E-state index contributed by atoms with van der Waals surface area (Å²) in [6.07, 6.45) is 3.61. The monoisotopic (exact) mass is 419 g/mol. The Bertz CT molecular complexity index is 843. The van der Waals surface area contributed by atoms with Crippen LogP contribution in [0.25, 0.3) is 0 Å². The van der Waals surface area contributed by atoms with Gasteiger partial charge in [0.2, 0.25) is 5.91 Å². The van der Waals surface area contributed by atoms with Gasteiger partial charge in [0.05, 0.1) is 0 Å². The molecule has 2 fully saturated rings. The Kier molecular flexibility index (Phi) is 5.82. The van der Waals surface area contributed by atoms with Crippen molar-refractivity contribution in [2.75, 3.05) is 13.1 Å². The maximum Gasteiger partial charge on any atom is 0.273 e. The minimum absolute atomic E-state index is 0.0547. The molecule has 2 aromatic rings. The van der Waals surface area contributed by atoms with Gasteiger partial charge in [0.1, 0.15) is 23.1 Å². The number of rotatable bonds is 6. The lowest BCUT2D eigenvalue weighted by Gasteiger charge is -2.32. The number of likely N-dealkylation sites (tertiary alicyclic amines) is 1. The summed E-state index contributed by atoms with van der Waals surface area (Å²) in [6, 6.07) is 7.31. The second kappa shape index (κ2) is 8.49. The molecule has 2 aliphatic rings. The molecule has 0 spiro atoms. The molecule has 1 aromatic carbocycles. The molecule has 0 bridgehead atoms. The van der Waals surface area contributed by atoms with Crippen LogP contribution in [0, 0.1) is 5.92 Å². The summed E-state index contributed by atoms with van der Waals surface area (Å²) < 4.78 is 5.69. The summed E-state index contributed by atoms with van der Waals surface area (Å²) >= 11 is 7.28. The number of carbonyl (C=O) groups excluding carboxylic acids is 2. The molecular formula is C20H22ClN3O3S. The first-order valence-electron chi connectivity index (χ1n) is 9.51. The van der Waals surface area contributed by atoms with Crippen molar-refractivity contribution in [1.29, 1.82) is 0 Å². The van der Waals surface area contributed by atoms with Gasteiger partial charge in [0, 0.05) is 35.5 Å². The summed E-state index contributed by atoms with van der Waals surface area (Å²) in [5.74, 6) is 1.06. The second-order valence-electron chi connectivity index (χ2n) is 7.22. The lowest BCUT2D eigenvalue weighted by molar-refractivity contribution is -0.123. The van der Waals surface area contributed by atoms with Crippen LogP contribution in [0.3, 0.4) is 0 Å². The summed E-state index contributed by atoms with van der Waals surface area (Å²) in [6.45, 7) is 1.60. The number of hydrogen-bond donors (Lipinski definition) is 1. The van der Waals surface area contributed by atoms with E-state index in [1.807, 2.05) is 4.90 Å². The molecule has 1 saturated heterocycles. The van der Waals surface area contributed by atoms with Gasteiger partial charge in [-0.2, -0.15) is 0 Å². The van der Waals surface area contributed by atoms with Gasteiger partial charge < -0.3 is 15.0 Å². The molecule has 0 radical (unpaired) electrons. The lowest BCUT2D eigenvalue weighted by Crippen LogP contribution is -2.47. The number of hydrogen-bond acceptors (Lipinski definition) is 5. The van der Waals surface area contributed by atoms with Gasteiger partial charge in [0.25, 0.3) is 5.91 Å². The van der Waals surface area contributed by atoms with Gasteiger partial charge in [-0.1, -0.05) is 11.6 Å². The lowest BCUT2D eigenvalue weighted by atomic mass is 10.0. The van der Waals surface area contributed by atoms with Crippen molar-refractivity contribution < 1.29 is 14.3 Å². The fourth-order valence-corrected chi connectivity index (χ4v) is 4.01. The van der Waals surface area contributed by atoms with Crippen molar-refractivity contribution in [3.63, 3.8) is 0 Å². The van der Waals surface area contributed by atoms with Gasteiger partial charge in [0.15, 0.2) is 0 Å². The molecule has 0 unspecified atom stereocenters. The van der Waals surface area contributed by atoms with Gasteiger partial charge in [-0.15, -0.1) is 11.3 Å². The van der Waals surface area contributed by atoms with E-state index in [4.69, 9.17) is 16.3 Å². The molecular weight excluding hydrogens is 398 g/mol. The molecule has 1 aliphatic heterocycles. The smallest absolute Gasteiger partial charge is 0.273 e. The van der Waals surface area contributed by atoms with E-state index < -0.39 is 0 Å². The number of piperidine rings is 1. The Morgan fingerprint density at radius 2 is 1.89 bits per heavy atom. The average molecular weight is 420 g/mol. The van der Waals surface area contributed by atoms with E-state index in [0.29, 0.717) is 36.2 Å².